The van der Waals surface area contributed by atoms with Crippen LogP contribution in [0.3, 0.4) is 0 Å². The number of aliphatic carboxylic acids is 1. The van der Waals surface area contributed by atoms with Crippen molar-refractivity contribution in [2.45, 2.75) is 32.2 Å². The van der Waals surface area contributed by atoms with E-state index in [1.165, 1.54) is 7.05 Å². The lowest BCUT2D eigenvalue weighted by Crippen LogP contribution is -2.44. The third-order valence-corrected chi connectivity index (χ3v) is 5.64. The van der Waals surface area contributed by atoms with Crippen LogP contribution in [0.5, 0.6) is 0 Å². The highest BCUT2D eigenvalue weighted by Crippen LogP contribution is 2.44. The maximum Gasteiger partial charge on any atom is 0.407 e. The maximum absolute atomic E-state index is 12.5. The minimum Gasteiger partial charge on any atom is -0.480 e. The van der Waals surface area contributed by atoms with Crippen molar-refractivity contribution in [1.82, 2.24) is 10.2 Å². The Morgan fingerprint density at radius 1 is 1.03 bits per heavy atom. The fourth-order valence-electron chi connectivity index (χ4n) is 3.88. The van der Waals surface area contributed by atoms with Gasteiger partial charge >= 0.3 is 12.1 Å². The van der Waals surface area contributed by atoms with E-state index in [-0.39, 0.29) is 37.3 Å². The fraction of sp³-hybridized carbons (Fsp3) is 0.375. The number of fused-ring (bicyclic) bond motifs is 3. The molecule has 1 aliphatic rings. The van der Waals surface area contributed by atoms with Gasteiger partial charge in [-0.3, -0.25) is 9.59 Å². The average Bonchev–Trinajstić information content (AvgIpc) is 3.05. The molecule has 0 saturated heterocycles. The molecule has 0 unspecified atom stereocenters. The van der Waals surface area contributed by atoms with Gasteiger partial charge in [-0.05, 0) is 28.2 Å². The maximum atomic E-state index is 12.5. The number of ether oxygens (including phenoxy) is 1. The van der Waals surface area contributed by atoms with Gasteiger partial charge in [-0.1, -0.05) is 62.4 Å². The lowest BCUT2D eigenvalue weighted by molar-refractivity contribution is -0.143. The Kier molecular flexibility index (Phi) is 6.95. The molecule has 0 saturated carbocycles. The first-order valence-corrected chi connectivity index (χ1v) is 10.3. The van der Waals surface area contributed by atoms with Gasteiger partial charge in [0.25, 0.3) is 0 Å². The lowest BCUT2D eigenvalue weighted by Gasteiger charge is -2.24. The molecule has 164 valence electrons. The molecule has 0 spiro atoms. The van der Waals surface area contributed by atoms with E-state index in [0.29, 0.717) is 0 Å². The molecule has 2 amide bonds. The Morgan fingerprint density at radius 2 is 1.58 bits per heavy atom. The molecule has 1 aliphatic carbocycles. The van der Waals surface area contributed by atoms with Gasteiger partial charge in [-0.25, -0.2) is 4.79 Å². The summed E-state index contributed by atoms with van der Waals surface area (Å²) in [7, 11) is 1.43. The van der Waals surface area contributed by atoms with Crippen LogP contribution in [0.1, 0.15) is 37.3 Å². The van der Waals surface area contributed by atoms with Crippen molar-refractivity contribution < 1.29 is 24.2 Å². The first-order chi connectivity index (χ1) is 14.8. The topological polar surface area (TPSA) is 95.9 Å². The van der Waals surface area contributed by atoms with Crippen LogP contribution in [0.2, 0.25) is 0 Å². The molecule has 3 rings (SSSR count). The minimum absolute atomic E-state index is 0.00560. The monoisotopic (exact) mass is 424 g/mol. The molecule has 7 nitrogen and oxygen atoms in total. The molecule has 0 heterocycles. The van der Waals surface area contributed by atoms with Crippen molar-refractivity contribution in [2.24, 2.45) is 5.92 Å². The van der Waals surface area contributed by atoms with Gasteiger partial charge in [0.15, 0.2) is 0 Å². The normalized spacial score (nSPS) is 13.3. The number of hydrogen-bond donors (Lipinski definition) is 2. The van der Waals surface area contributed by atoms with Gasteiger partial charge in [0, 0.05) is 25.4 Å². The number of amides is 2. The number of nitrogens with zero attached hydrogens (tertiary/aromatic N) is 1. The molecule has 1 atom stereocenters. The third-order valence-electron chi connectivity index (χ3n) is 5.64. The first-order valence-electron chi connectivity index (χ1n) is 10.3. The van der Waals surface area contributed by atoms with Crippen molar-refractivity contribution in [1.29, 1.82) is 0 Å². The number of benzene rings is 2. The number of alkyl carbamates (subject to hydrolysis) is 1. The fourth-order valence-corrected chi connectivity index (χ4v) is 3.88. The number of rotatable bonds is 8. The predicted molar refractivity (Wildman–Crippen MR) is 117 cm³/mol. The highest BCUT2D eigenvalue weighted by molar-refractivity contribution is 5.82. The summed E-state index contributed by atoms with van der Waals surface area (Å²) in [6, 6.07) is 15.7. The number of likely N-dealkylation sites (N-methyl/N-ethyl adjacent to an activating group) is 1. The van der Waals surface area contributed by atoms with Gasteiger partial charge in [-0.15, -0.1) is 0 Å². The summed E-state index contributed by atoms with van der Waals surface area (Å²) in [6.07, 6.45) is -0.583. The molecular formula is C24H28N2O5. The lowest BCUT2D eigenvalue weighted by atomic mass is 9.98. The van der Waals surface area contributed by atoms with Gasteiger partial charge in [-0.2, -0.15) is 0 Å². The van der Waals surface area contributed by atoms with Crippen molar-refractivity contribution >= 4 is 18.0 Å². The van der Waals surface area contributed by atoms with E-state index in [1.54, 1.807) is 0 Å². The predicted octanol–water partition coefficient (Wildman–Crippen LogP) is 3.48. The van der Waals surface area contributed by atoms with Crippen LogP contribution in [0.4, 0.5) is 4.79 Å². The van der Waals surface area contributed by atoms with Crippen LogP contribution in [-0.2, 0) is 14.3 Å². The van der Waals surface area contributed by atoms with Crippen LogP contribution in [0.15, 0.2) is 48.5 Å². The van der Waals surface area contributed by atoms with Crippen LogP contribution in [0.25, 0.3) is 11.1 Å². The molecule has 0 aromatic heterocycles. The Labute approximate surface area is 182 Å². The van der Waals surface area contributed by atoms with Gasteiger partial charge in [0.1, 0.15) is 13.2 Å². The largest absolute Gasteiger partial charge is 0.480 e. The standard InChI is InChI=1S/C24H28N2O5/c1-15(2)21(12-22(27)26(3)13-23(28)29)25-24(30)31-14-20-18-10-6-4-8-16(18)17-9-5-7-11-19(17)20/h4-11,15,20-21H,12-14H2,1-3H3,(H,25,30)(H,28,29)/t21-/m0/s1. The second-order valence-electron chi connectivity index (χ2n) is 8.17. The number of carbonyl (C=O) groups excluding carboxylic acids is 2. The Hall–Kier alpha value is -3.35. The Morgan fingerprint density at radius 3 is 2.10 bits per heavy atom. The SMILES string of the molecule is CC(C)[C@H](CC(=O)N(C)CC(=O)O)NC(=O)OCC1c2ccccc2-c2ccccc21. The molecule has 0 aliphatic heterocycles. The Bertz CT molecular complexity index is 926. The zero-order valence-corrected chi connectivity index (χ0v) is 18.0. The minimum atomic E-state index is -1.08. The average molecular weight is 424 g/mol. The summed E-state index contributed by atoms with van der Waals surface area (Å²) >= 11 is 0. The molecule has 2 aromatic carbocycles. The van der Waals surface area contributed by atoms with Crippen molar-refractivity contribution in [3.8, 4) is 11.1 Å². The highest BCUT2D eigenvalue weighted by Gasteiger charge is 2.30. The number of carbonyl (C=O) groups is 3. The second kappa shape index (κ2) is 9.64. The van der Waals surface area contributed by atoms with E-state index in [9.17, 15) is 14.4 Å². The number of carboxylic acids is 1. The summed E-state index contributed by atoms with van der Waals surface area (Å²) in [5.74, 6) is -1.50. The Balaban J connectivity index is 1.62. The van der Waals surface area contributed by atoms with Crippen LogP contribution in [-0.4, -0.2) is 54.2 Å². The van der Waals surface area contributed by atoms with E-state index in [0.717, 1.165) is 27.2 Å². The molecule has 0 radical (unpaired) electrons. The van der Waals surface area contributed by atoms with Crippen molar-refractivity contribution in [3.63, 3.8) is 0 Å². The molecule has 2 N–H and O–H groups in total. The van der Waals surface area contributed by atoms with E-state index in [2.05, 4.69) is 29.6 Å². The first kappa shape index (κ1) is 22.3. The summed E-state index contributed by atoms with van der Waals surface area (Å²) in [5, 5.41) is 11.6. The smallest absolute Gasteiger partial charge is 0.407 e. The van der Waals surface area contributed by atoms with Crippen LogP contribution in [0, 0.1) is 5.92 Å². The summed E-state index contributed by atoms with van der Waals surface area (Å²) in [4.78, 5) is 36.8. The molecule has 7 heteroatoms. The highest BCUT2D eigenvalue weighted by atomic mass is 16.5. The van der Waals surface area contributed by atoms with Gasteiger partial charge in [0.05, 0.1) is 0 Å². The quantitative estimate of drug-likeness (QED) is 0.676. The summed E-state index contributed by atoms with van der Waals surface area (Å²) in [5.41, 5.74) is 4.56. The van der Waals surface area contributed by atoms with Gasteiger partial charge in [0.2, 0.25) is 5.91 Å². The third kappa shape index (κ3) is 5.23. The molecule has 0 fully saturated rings. The summed E-state index contributed by atoms with van der Waals surface area (Å²) in [6.45, 7) is 3.59. The van der Waals surface area contributed by atoms with Gasteiger partial charge < -0.3 is 20.1 Å². The molecule has 2 aromatic rings. The van der Waals surface area contributed by atoms with E-state index < -0.39 is 18.1 Å². The van der Waals surface area contributed by atoms with Crippen molar-refractivity contribution in [3.05, 3.63) is 59.7 Å². The zero-order chi connectivity index (χ0) is 22.5. The molecule has 0 bridgehead atoms. The zero-order valence-electron chi connectivity index (χ0n) is 18.0. The van der Waals surface area contributed by atoms with Crippen molar-refractivity contribution in [2.75, 3.05) is 20.2 Å². The second-order valence-corrected chi connectivity index (χ2v) is 8.17. The number of hydrogen-bond acceptors (Lipinski definition) is 4. The number of nitrogens with one attached hydrogen (secondary N) is 1. The summed E-state index contributed by atoms with van der Waals surface area (Å²) < 4.78 is 5.56. The molecule has 31 heavy (non-hydrogen) atoms. The van der Waals surface area contributed by atoms with E-state index in [4.69, 9.17) is 9.84 Å². The van der Waals surface area contributed by atoms with E-state index in [1.807, 2.05) is 38.1 Å². The van der Waals surface area contributed by atoms with E-state index >= 15 is 0 Å². The molecular weight excluding hydrogens is 396 g/mol. The number of carboxylic acid groups (broad SMARTS) is 1. The van der Waals surface area contributed by atoms with Crippen LogP contribution >= 0.6 is 0 Å². The van der Waals surface area contributed by atoms with Crippen LogP contribution < -0.4 is 5.32 Å².